The van der Waals surface area contributed by atoms with Gasteiger partial charge in [0.25, 0.3) is 0 Å². The summed E-state index contributed by atoms with van der Waals surface area (Å²) in [6, 6.07) is 7.01. The second-order valence-corrected chi connectivity index (χ2v) is 9.02. The molecule has 0 saturated carbocycles. The van der Waals surface area contributed by atoms with Crippen LogP contribution < -0.4 is 10.1 Å². The third kappa shape index (κ3) is 3.85. The molecule has 2 saturated heterocycles. The molecule has 3 aliphatic rings. The highest BCUT2D eigenvalue weighted by Gasteiger charge is 2.39. The van der Waals surface area contributed by atoms with E-state index in [1.807, 2.05) is 7.05 Å². The molecule has 0 spiro atoms. The summed E-state index contributed by atoms with van der Waals surface area (Å²) in [6.07, 6.45) is 3.81. The number of nitrogens with one attached hydrogen (secondary N) is 1. The summed E-state index contributed by atoms with van der Waals surface area (Å²) in [5.74, 6) is 2.05. The first-order valence-electron chi connectivity index (χ1n) is 10.4. The molecule has 5 heteroatoms. The third-order valence-corrected chi connectivity index (χ3v) is 6.40. The van der Waals surface area contributed by atoms with Crippen LogP contribution in [-0.4, -0.2) is 60.6 Å². The quantitative estimate of drug-likeness (QED) is 0.863. The van der Waals surface area contributed by atoms with Gasteiger partial charge in [0.1, 0.15) is 11.4 Å². The minimum atomic E-state index is -0.0943. The van der Waals surface area contributed by atoms with E-state index in [0.29, 0.717) is 24.3 Å². The predicted octanol–water partition coefficient (Wildman–Crippen LogP) is 2.43. The number of carbonyl (C=O) groups excluding carboxylic acids is 1. The van der Waals surface area contributed by atoms with Crippen molar-refractivity contribution in [2.24, 2.45) is 5.92 Å². The van der Waals surface area contributed by atoms with Crippen molar-refractivity contribution in [2.45, 2.75) is 57.7 Å². The van der Waals surface area contributed by atoms with E-state index in [4.69, 9.17) is 4.74 Å². The summed E-state index contributed by atoms with van der Waals surface area (Å²) in [4.78, 5) is 17.1. The van der Waals surface area contributed by atoms with Crippen LogP contribution in [0, 0.1) is 5.92 Å². The fourth-order valence-electron chi connectivity index (χ4n) is 5.14. The monoisotopic (exact) mass is 371 g/mol. The highest BCUT2D eigenvalue weighted by atomic mass is 16.5. The number of hydrogen-bond acceptors (Lipinski definition) is 4. The molecule has 0 unspecified atom stereocenters. The number of rotatable bonds is 5. The van der Waals surface area contributed by atoms with Crippen LogP contribution in [0.2, 0.25) is 0 Å². The summed E-state index contributed by atoms with van der Waals surface area (Å²) in [7, 11) is 1.95. The van der Waals surface area contributed by atoms with Gasteiger partial charge in [-0.05, 0) is 45.2 Å². The molecule has 3 aliphatic heterocycles. The van der Waals surface area contributed by atoms with Crippen LogP contribution in [0.25, 0.3) is 0 Å². The van der Waals surface area contributed by atoms with Crippen LogP contribution in [0.15, 0.2) is 18.2 Å². The van der Waals surface area contributed by atoms with Crippen molar-refractivity contribution >= 4 is 5.91 Å². The number of likely N-dealkylation sites (tertiary alicyclic amines) is 2. The average molecular weight is 372 g/mol. The Bertz CT molecular complexity index is 703. The molecule has 1 amide bonds. The van der Waals surface area contributed by atoms with Gasteiger partial charge in [-0.3, -0.25) is 9.69 Å². The molecular formula is C22H33N3O2. The summed E-state index contributed by atoms with van der Waals surface area (Å²) < 4.78 is 6.26. The Morgan fingerprint density at radius 1 is 1.30 bits per heavy atom. The molecule has 0 aromatic heterocycles. The van der Waals surface area contributed by atoms with E-state index in [0.717, 1.165) is 57.7 Å². The Kier molecular flexibility index (Phi) is 5.17. The summed E-state index contributed by atoms with van der Waals surface area (Å²) >= 11 is 0. The van der Waals surface area contributed by atoms with Gasteiger partial charge in [-0.25, -0.2) is 0 Å². The van der Waals surface area contributed by atoms with Crippen LogP contribution in [-0.2, 0) is 17.8 Å². The molecule has 3 heterocycles. The normalized spacial score (nSPS) is 27.2. The molecule has 0 aliphatic carbocycles. The maximum Gasteiger partial charge on any atom is 0.222 e. The van der Waals surface area contributed by atoms with Gasteiger partial charge in [0, 0.05) is 57.2 Å². The van der Waals surface area contributed by atoms with Crippen molar-refractivity contribution in [1.29, 1.82) is 0 Å². The Morgan fingerprint density at radius 3 is 2.96 bits per heavy atom. The molecule has 27 heavy (non-hydrogen) atoms. The van der Waals surface area contributed by atoms with Crippen LogP contribution in [0.4, 0.5) is 0 Å². The summed E-state index contributed by atoms with van der Waals surface area (Å²) in [5, 5.41) is 3.18. The van der Waals surface area contributed by atoms with E-state index < -0.39 is 0 Å². The number of hydrogen-bond donors (Lipinski definition) is 1. The fourth-order valence-corrected chi connectivity index (χ4v) is 5.14. The number of carbonyl (C=O) groups is 1. The number of benzene rings is 1. The first-order valence-corrected chi connectivity index (χ1v) is 10.4. The zero-order valence-corrected chi connectivity index (χ0v) is 17.0. The highest BCUT2D eigenvalue weighted by Crippen LogP contribution is 2.39. The van der Waals surface area contributed by atoms with Crippen molar-refractivity contribution in [3.63, 3.8) is 0 Å². The molecule has 2 atom stereocenters. The van der Waals surface area contributed by atoms with Crippen LogP contribution in [0.1, 0.15) is 44.2 Å². The fraction of sp³-hybridized carbons (Fsp3) is 0.682. The zero-order chi connectivity index (χ0) is 19.0. The lowest BCUT2D eigenvalue weighted by Gasteiger charge is -2.47. The minimum absolute atomic E-state index is 0.0943. The SMILES string of the molecule is CNCCN1C(=O)CC[C@H]2CN(Cc3cccc4c3OC(C)(C)C4)CC[C@H]21. The molecule has 4 rings (SSSR count). The molecule has 1 N–H and O–H groups in total. The topological polar surface area (TPSA) is 44.8 Å². The first-order chi connectivity index (χ1) is 13.0. The maximum atomic E-state index is 12.4. The highest BCUT2D eigenvalue weighted by molar-refractivity contribution is 5.77. The van der Waals surface area contributed by atoms with Crippen molar-refractivity contribution < 1.29 is 9.53 Å². The minimum Gasteiger partial charge on any atom is -0.487 e. The van der Waals surface area contributed by atoms with E-state index in [1.165, 1.54) is 11.1 Å². The molecular weight excluding hydrogens is 338 g/mol. The Balaban J connectivity index is 1.43. The molecule has 5 nitrogen and oxygen atoms in total. The molecule has 0 bridgehead atoms. The molecule has 2 fully saturated rings. The largest absolute Gasteiger partial charge is 0.487 e. The standard InChI is InChI=1S/C22H33N3O2/c1-22(2)13-16-5-4-6-18(21(16)27-22)15-24-11-9-19-17(14-24)7-8-20(26)25(19)12-10-23-3/h4-6,17,19,23H,7-15H2,1-3H3/t17-,19+/m0/s1. The lowest BCUT2D eigenvalue weighted by atomic mass is 9.83. The molecule has 1 aromatic rings. The van der Waals surface area contributed by atoms with Gasteiger partial charge in [-0.2, -0.15) is 0 Å². The third-order valence-electron chi connectivity index (χ3n) is 6.40. The van der Waals surface area contributed by atoms with Gasteiger partial charge in [0.15, 0.2) is 0 Å². The van der Waals surface area contributed by atoms with E-state index in [1.54, 1.807) is 0 Å². The Labute approximate surface area is 163 Å². The van der Waals surface area contributed by atoms with Crippen LogP contribution in [0.5, 0.6) is 5.75 Å². The van der Waals surface area contributed by atoms with Crippen molar-refractivity contribution in [3.05, 3.63) is 29.3 Å². The van der Waals surface area contributed by atoms with Gasteiger partial charge in [-0.1, -0.05) is 18.2 Å². The zero-order valence-electron chi connectivity index (χ0n) is 17.0. The number of fused-ring (bicyclic) bond motifs is 2. The number of para-hydroxylation sites is 1. The van der Waals surface area contributed by atoms with E-state index >= 15 is 0 Å². The van der Waals surface area contributed by atoms with Crippen LogP contribution in [0.3, 0.4) is 0 Å². The van der Waals surface area contributed by atoms with Gasteiger partial charge < -0.3 is 15.0 Å². The average Bonchev–Trinajstić information content (AvgIpc) is 2.96. The van der Waals surface area contributed by atoms with Crippen molar-refractivity contribution in [1.82, 2.24) is 15.1 Å². The number of likely N-dealkylation sites (N-methyl/N-ethyl adjacent to an activating group) is 1. The second-order valence-electron chi connectivity index (χ2n) is 9.02. The number of nitrogens with zero attached hydrogens (tertiary/aromatic N) is 2. The predicted molar refractivity (Wildman–Crippen MR) is 107 cm³/mol. The summed E-state index contributed by atoms with van der Waals surface area (Å²) in [6.45, 7) is 9.14. The van der Waals surface area contributed by atoms with Crippen LogP contribution >= 0.6 is 0 Å². The van der Waals surface area contributed by atoms with Gasteiger partial charge >= 0.3 is 0 Å². The van der Waals surface area contributed by atoms with Gasteiger partial charge in [0.05, 0.1) is 0 Å². The number of ether oxygens (including phenoxy) is 1. The van der Waals surface area contributed by atoms with Crippen molar-refractivity contribution in [2.75, 3.05) is 33.2 Å². The molecule has 148 valence electrons. The van der Waals surface area contributed by atoms with Gasteiger partial charge in [0.2, 0.25) is 5.91 Å². The van der Waals surface area contributed by atoms with E-state index in [2.05, 4.69) is 47.2 Å². The first kappa shape index (κ1) is 18.8. The molecule has 1 aromatic carbocycles. The smallest absolute Gasteiger partial charge is 0.222 e. The lowest BCUT2D eigenvalue weighted by Crippen LogP contribution is -2.56. The lowest BCUT2D eigenvalue weighted by molar-refractivity contribution is -0.141. The Morgan fingerprint density at radius 2 is 2.15 bits per heavy atom. The van der Waals surface area contributed by atoms with E-state index in [9.17, 15) is 4.79 Å². The number of amides is 1. The second kappa shape index (κ2) is 7.44. The van der Waals surface area contributed by atoms with Crippen molar-refractivity contribution in [3.8, 4) is 5.75 Å². The molecule has 0 radical (unpaired) electrons. The van der Waals surface area contributed by atoms with E-state index in [-0.39, 0.29) is 5.60 Å². The Hall–Kier alpha value is -1.59. The van der Waals surface area contributed by atoms with Gasteiger partial charge in [-0.15, -0.1) is 0 Å². The summed E-state index contributed by atoms with van der Waals surface area (Å²) in [5.41, 5.74) is 2.56. The maximum absolute atomic E-state index is 12.4. The number of piperidine rings is 2.